The van der Waals surface area contributed by atoms with Crippen molar-refractivity contribution in [1.82, 2.24) is 0 Å². The number of aliphatic hydroxyl groups excluding tert-OH is 1. The van der Waals surface area contributed by atoms with E-state index in [9.17, 15) is 14.8 Å². The van der Waals surface area contributed by atoms with Gasteiger partial charge in [0.05, 0.1) is 22.4 Å². The van der Waals surface area contributed by atoms with Crippen LogP contribution in [-0.2, 0) is 0 Å². The third kappa shape index (κ3) is 3.38. The summed E-state index contributed by atoms with van der Waals surface area (Å²) in [5.74, 6) is -0.191. The quantitative estimate of drug-likeness (QED) is 0.903. The molecule has 5 heteroatoms. The molecule has 0 spiro atoms. The van der Waals surface area contributed by atoms with Gasteiger partial charge in [0.2, 0.25) is 0 Å². The largest absolute Gasteiger partial charge is 0.388 e. The first-order valence-electron chi connectivity index (χ1n) is 7.97. The van der Waals surface area contributed by atoms with E-state index in [1.807, 2.05) is 0 Å². The lowest BCUT2D eigenvalue weighted by Crippen LogP contribution is -2.36. The fraction of sp³-hybridized carbons (Fsp3) is 0.316. The average Bonchev–Trinajstić information content (AvgIpc) is 2.61. The number of rotatable bonds is 3. The van der Waals surface area contributed by atoms with Gasteiger partial charge in [-0.3, -0.25) is 0 Å². The summed E-state index contributed by atoms with van der Waals surface area (Å²) in [6.07, 6.45) is 0.970. The Morgan fingerprint density at radius 2 is 1.83 bits per heavy atom. The lowest BCUT2D eigenvalue weighted by atomic mass is 9.87. The highest BCUT2D eigenvalue weighted by Gasteiger charge is 2.28. The van der Waals surface area contributed by atoms with Crippen LogP contribution >= 0.6 is 11.6 Å². The summed E-state index contributed by atoms with van der Waals surface area (Å²) in [5.41, 5.74) is 2.08. The maximum atomic E-state index is 13.0. The monoisotopic (exact) mass is 344 g/mol. The van der Waals surface area contributed by atoms with Crippen LogP contribution < -0.4 is 4.90 Å². The van der Waals surface area contributed by atoms with Gasteiger partial charge < -0.3 is 10.0 Å². The van der Waals surface area contributed by atoms with Crippen molar-refractivity contribution in [3.8, 4) is 6.07 Å². The molecule has 1 aliphatic rings. The number of aliphatic hydroxyl groups is 1. The van der Waals surface area contributed by atoms with Gasteiger partial charge in [-0.1, -0.05) is 29.8 Å². The molecule has 1 saturated heterocycles. The Bertz CT molecular complexity index is 749. The Labute approximate surface area is 145 Å². The molecule has 3 rings (SSSR count). The molecule has 0 amide bonds. The molecule has 1 heterocycles. The molecule has 0 saturated carbocycles. The number of para-hydroxylation sites is 1. The predicted octanol–water partition coefficient (Wildman–Crippen LogP) is 4.30. The van der Waals surface area contributed by atoms with Gasteiger partial charge in [-0.15, -0.1) is 0 Å². The third-order valence-corrected chi connectivity index (χ3v) is 4.93. The van der Waals surface area contributed by atoms with E-state index >= 15 is 0 Å². The van der Waals surface area contributed by atoms with Gasteiger partial charge in [-0.05, 0) is 48.6 Å². The van der Waals surface area contributed by atoms with E-state index in [1.165, 1.54) is 12.1 Å². The fourth-order valence-corrected chi connectivity index (χ4v) is 3.59. The lowest BCUT2D eigenvalue weighted by molar-refractivity contribution is 0.0929. The topological polar surface area (TPSA) is 47.3 Å². The first-order chi connectivity index (χ1) is 11.6. The number of benzene rings is 2. The van der Waals surface area contributed by atoms with Crippen LogP contribution in [0.3, 0.4) is 0 Å². The number of piperidine rings is 1. The molecule has 124 valence electrons. The predicted molar refractivity (Wildman–Crippen MR) is 92.5 cm³/mol. The van der Waals surface area contributed by atoms with Crippen LogP contribution in [0.15, 0.2) is 42.5 Å². The van der Waals surface area contributed by atoms with Crippen LogP contribution in [0.4, 0.5) is 10.1 Å². The van der Waals surface area contributed by atoms with Crippen molar-refractivity contribution in [1.29, 1.82) is 5.26 Å². The van der Waals surface area contributed by atoms with Crippen LogP contribution in [0.5, 0.6) is 0 Å². The number of anilines is 1. The van der Waals surface area contributed by atoms with Gasteiger partial charge >= 0.3 is 0 Å². The Morgan fingerprint density at radius 3 is 2.46 bits per heavy atom. The van der Waals surface area contributed by atoms with Gasteiger partial charge in [0, 0.05) is 13.1 Å². The first kappa shape index (κ1) is 16.8. The SMILES string of the molecule is N#Cc1cccc(Cl)c1N1CCC(C(O)c2ccc(F)cc2)CC1. The summed E-state index contributed by atoms with van der Waals surface area (Å²) in [7, 11) is 0. The van der Waals surface area contributed by atoms with Crippen molar-refractivity contribution in [3.05, 3.63) is 64.4 Å². The van der Waals surface area contributed by atoms with Crippen molar-refractivity contribution < 1.29 is 9.50 Å². The smallest absolute Gasteiger partial charge is 0.123 e. The summed E-state index contributed by atoms with van der Waals surface area (Å²) < 4.78 is 13.0. The molecular weight excluding hydrogens is 327 g/mol. The molecule has 0 bridgehead atoms. The van der Waals surface area contributed by atoms with Crippen molar-refractivity contribution >= 4 is 17.3 Å². The highest BCUT2D eigenvalue weighted by atomic mass is 35.5. The van der Waals surface area contributed by atoms with Crippen LogP contribution in [-0.4, -0.2) is 18.2 Å². The van der Waals surface area contributed by atoms with E-state index in [4.69, 9.17) is 11.6 Å². The van der Waals surface area contributed by atoms with Gasteiger partial charge in [0.15, 0.2) is 0 Å². The Morgan fingerprint density at radius 1 is 1.17 bits per heavy atom. The van der Waals surface area contributed by atoms with Crippen molar-refractivity contribution in [2.45, 2.75) is 18.9 Å². The highest BCUT2D eigenvalue weighted by Crippen LogP contribution is 2.36. The molecule has 1 aliphatic heterocycles. The Kier molecular flexibility index (Phi) is 5.03. The van der Waals surface area contributed by atoms with Crippen LogP contribution in [0.2, 0.25) is 5.02 Å². The molecule has 0 aliphatic carbocycles. The van der Waals surface area contributed by atoms with Gasteiger partial charge in [0.25, 0.3) is 0 Å². The molecule has 2 aromatic rings. The summed E-state index contributed by atoms with van der Waals surface area (Å²) >= 11 is 6.27. The molecular formula is C19H18ClFN2O. The molecule has 1 atom stereocenters. The third-order valence-electron chi connectivity index (χ3n) is 4.62. The number of nitriles is 1. The van der Waals surface area contributed by atoms with E-state index in [0.29, 0.717) is 10.6 Å². The molecule has 2 aromatic carbocycles. The number of nitrogens with zero attached hydrogens (tertiary/aromatic N) is 2. The maximum absolute atomic E-state index is 13.0. The van der Waals surface area contributed by atoms with Gasteiger partial charge in [0.1, 0.15) is 11.9 Å². The zero-order valence-corrected chi connectivity index (χ0v) is 13.9. The van der Waals surface area contributed by atoms with Crippen molar-refractivity contribution in [2.24, 2.45) is 5.92 Å². The molecule has 24 heavy (non-hydrogen) atoms. The van der Waals surface area contributed by atoms with E-state index in [0.717, 1.165) is 37.2 Å². The van der Waals surface area contributed by atoms with E-state index in [1.54, 1.807) is 30.3 Å². The Hall–Kier alpha value is -2.09. The van der Waals surface area contributed by atoms with Gasteiger partial charge in [-0.25, -0.2) is 4.39 Å². The second kappa shape index (κ2) is 7.21. The highest BCUT2D eigenvalue weighted by molar-refractivity contribution is 6.33. The molecule has 1 fully saturated rings. The minimum atomic E-state index is -0.602. The van der Waals surface area contributed by atoms with Crippen molar-refractivity contribution in [2.75, 3.05) is 18.0 Å². The number of hydrogen-bond acceptors (Lipinski definition) is 3. The van der Waals surface area contributed by atoms with E-state index in [2.05, 4.69) is 11.0 Å². The minimum Gasteiger partial charge on any atom is -0.388 e. The second-order valence-electron chi connectivity index (χ2n) is 6.07. The number of halogens is 2. The molecule has 0 radical (unpaired) electrons. The van der Waals surface area contributed by atoms with Crippen molar-refractivity contribution in [3.63, 3.8) is 0 Å². The zero-order valence-electron chi connectivity index (χ0n) is 13.1. The summed E-state index contributed by atoms with van der Waals surface area (Å²) in [6.45, 7) is 1.45. The summed E-state index contributed by atoms with van der Waals surface area (Å²) in [4.78, 5) is 2.11. The van der Waals surface area contributed by atoms with Crippen LogP contribution in [0.1, 0.15) is 30.1 Å². The number of hydrogen-bond donors (Lipinski definition) is 1. The Balaban J connectivity index is 1.70. The molecule has 1 N–H and O–H groups in total. The average molecular weight is 345 g/mol. The molecule has 3 nitrogen and oxygen atoms in total. The second-order valence-corrected chi connectivity index (χ2v) is 6.48. The standard InChI is InChI=1S/C19H18ClFN2O/c20-17-3-1-2-15(12-22)18(17)23-10-8-14(9-11-23)19(24)13-4-6-16(21)7-5-13/h1-7,14,19,24H,8-11H2. The zero-order chi connectivity index (χ0) is 17.1. The van der Waals surface area contributed by atoms with E-state index in [-0.39, 0.29) is 11.7 Å². The van der Waals surface area contributed by atoms with E-state index < -0.39 is 6.10 Å². The first-order valence-corrected chi connectivity index (χ1v) is 8.35. The fourth-order valence-electron chi connectivity index (χ4n) is 3.30. The lowest BCUT2D eigenvalue weighted by Gasteiger charge is -2.36. The normalized spacial score (nSPS) is 16.7. The molecule has 1 unspecified atom stereocenters. The maximum Gasteiger partial charge on any atom is 0.123 e. The summed E-state index contributed by atoms with van der Waals surface area (Å²) in [5, 5.41) is 20.4. The van der Waals surface area contributed by atoms with Gasteiger partial charge in [-0.2, -0.15) is 5.26 Å². The molecule has 0 aromatic heterocycles. The summed E-state index contributed by atoms with van der Waals surface area (Å²) in [6, 6.07) is 13.5. The minimum absolute atomic E-state index is 0.111. The van der Waals surface area contributed by atoms with Crippen LogP contribution in [0.25, 0.3) is 0 Å². The van der Waals surface area contributed by atoms with Crippen LogP contribution in [0, 0.1) is 23.1 Å².